The summed E-state index contributed by atoms with van der Waals surface area (Å²) in [6.07, 6.45) is 1.34. The molecule has 0 spiro atoms. The van der Waals surface area contributed by atoms with E-state index in [0.29, 0.717) is 41.4 Å². The third-order valence-corrected chi connectivity index (χ3v) is 8.28. The number of hydrogen-bond acceptors (Lipinski definition) is 6. The first kappa shape index (κ1) is 26.5. The van der Waals surface area contributed by atoms with E-state index in [-0.39, 0.29) is 17.7 Å². The van der Waals surface area contributed by atoms with E-state index in [4.69, 9.17) is 46.4 Å². The Morgan fingerprint density at radius 1 is 0.921 bits per heavy atom. The number of amides is 1. The standard InChI is InChI=1S/C24H16Cl4N6O3S/c1-32-21-19(22(36)33(2)24(32)37)34(10-29-21)9-17(35)30-23-31-18(11-3-5-13(25)15(27)7-11)20(38-23)12-4-6-14(26)16(28)8-12/h3-8,10H,9H2,1-2H3,(H,30,31,35). The van der Waals surface area contributed by atoms with Gasteiger partial charge in [-0.15, -0.1) is 0 Å². The molecule has 3 aromatic heterocycles. The van der Waals surface area contributed by atoms with Gasteiger partial charge in [-0.2, -0.15) is 0 Å². The van der Waals surface area contributed by atoms with Crippen molar-refractivity contribution in [2.24, 2.45) is 14.1 Å². The fourth-order valence-electron chi connectivity index (χ4n) is 3.88. The van der Waals surface area contributed by atoms with Gasteiger partial charge < -0.3 is 9.88 Å². The fourth-order valence-corrected chi connectivity index (χ4v) is 5.47. The molecule has 9 nitrogen and oxygen atoms in total. The van der Waals surface area contributed by atoms with Crippen molar-refractivity contribution in [1.29, 1.82) is 0 Å². The quantitative estimate of drug-likeness (QED) is 0.284. The first-order valence-corrected chi connectivity index (χ1v) is 13.2. The van der Waals surface area contributed by atoms with E-state index in [1.165, 1.54) is 40.9 Å². The minimum atomic E-state index is -0.550. The lowest BCUT2D eigenvalue weighted by Gasteiger charge is -2.06. The molecule has 14 heteroatoms. The molecule has 194 valence electrons. The van der Waals surface area contributed by atoms with E-state index in [1.807, 2.05) is 0 Å². The number of aryl methyl sites for hydroxylation is 1. The second kappa shape index (κ2) is 10.2. The third-order valence-electron chi connectivity index (χ3n) is 5.78. The molecular formula is C24H16Cl4N6O3S. The number of fused-ring (bicyclic) bond motifs is 1. The molecule has 0 unspecified atom stereocenters. The zero-order valence-corrected chi connectivity index (χ0v) is 23.5. The van der Waals surface area contributed by atoms with Crippen LogP contribution < -0.4 is 16.6 Å². The van der Waals surface area contributed by atoms with E-state index in [9.17, 15) is 14.4 Å². The first-order chi connectivity index (χ1) is 18.0. The van der Waals surface area contributed by atoms with Crippen LogP contribution in [0.15, 0.2) is 52.3 Å². The topological polar surface area (TPSA) is 104 Å². The Kier molecular flexibility index (Phi) is 7.10. The van der Waals surface area contributed by atoms with Crippen LogP contribution in [-0.4, -0.2) is 29.6 Å². The van der Waals surface area contributed by atoms with Crippen molar-refractivity contribution in [3.05, 3.63) is 83.7 Å². The molecule has 0 aliphatic heterocycles. The van der Waals surface area contributed by atoms with Gasteiger partial charge in [-0.1, -0.05) is 69.9 Å². The van der Waals surface area contributed by atoms with Gasteiger partial charge in [0.2, 0.25) is 5.91 Å². The fraction of sp³-hybridized carbons (Fsp3) is 0.125. The Morgan fingerprint density at radius 3 is 2.21 bits per heavy atom. The number of nitrogens with one attached hydrogen (secondary N) is 1. The van der Waals surface area contributed by atoms with Gasteiger partial charge in [0.05, 0.1) is 37.0 Å². The van der Waals surface area contributed by atoms with Gasteiger partial charge in [-0.25, -0.2) is 14.8 Å². The molecule has 0 atom stereocenters. The molecule has 1 amide bonds. The second-order valence-electron chi connectivity index (χ2n) is 8.25. The minimum Gasteiger partial charge on any atom is -0.315 e. The van der Waals surface area contributed by atoms with Crippen LogP contribution in [0.5, 0.6) is 0 Å². The minimum absolute atomic E-state index is 0.136. The van der Waals surface area contributed by atoms with Crippen molar-refractivity contribution in [1.82, 2.24) is 23.7 Å². The summed E-state index contributed by atoms with van der Waals surface area (Å²) in [6.45, 7) is -0.228. The number of hydrogen-bond donors (Lipinski definition) is 1. The van der Waals surface area contributed by atoms with Crippen LogP contribution in [-0.2, 0) is 25.4 Å². The summed E-state index contributed by atoms with van der Waals surface area (Å²) in [5, 5.41) is 4.61. The lowest BCUT2D eigenvalue weighted by molar-refractivity contribution is -0.116. The van der Waals surface area contributed by atoms with Crippen molar-refractivity contribution in [3.63, 3.8) is 0 Å². The van der Waals surface area contributed by atoms with Crippen LogP contribution in [0.3, 0.4) is 0 Å². The molecule has 0 fully saturated rings. The molecule has 0 saturated carbocycles. The first-order valence-electron chi connectivity index (χ1n) is 10.9. The molecule has 0 saturated heterocycles. The Morgan fingerprint density at radius 2 is 1.55 bits per heavy atom. The smallest absolute Gasteiger partial charge is 0.315 e. The number of carbonyl (C=O) groups is 1. The van der Waals surface area contributed by atoms with E-state index < -0.39 is 17.2 Å². The summed E-state index contributed by atoms with van der Waals surface area (Å²) in [7, 11) is 2.87. The monoisotopic (exact) mass is 608 g/mol. The Balaban J connectivity index is 1.52. The summed E-state index contributed by atoms with van der Waals surface area (Å²) in [5.74, 6) is -0.449. The van der Waals surface area contributed by atoms with Crippen LogP contribution in [0.2, 0.25) is 20.1 Å². The number of thiazole rings is 1. The highest BCUT2D eigenvalue weighted by molar-refractivity contribution is 7.19. The van der Waals surface area contributed by atoms with Gasteiger partial charge >= 0.3 is 5.69 Å². The highest BCUT2D eigenvalue weighted by atomic mass is 35.5. The summed E-state index contributed by atoms with van der Waals surface area (Å²) in [5.41, 5.74) is 1.24. The van der Waals surface area contributed by atoms with Crippen molar-refractivity contribution in [3.8, 4) is 21.7 Å². The van der Waals surface area contributed by atoms with Crippen LogP contribution >= 0.6 is 57.7 Å². The highest BCUT2D eigenvalue weighted by Crippen LogP contribution is 2.42. The van der Waals surface area contributed by atoms with Crippen LogP contribution in [0.4, 0.5) is 5.13 Å². The summed E-state index contributed by atoms with van der Waals surface area (Å²) in [4.78, 5) is 47.4. The zero-order valence-electron chi connectivity index (χ0n) is 19.6. The predicted octanol–water partition coefficient (Wildman–Crippen LogP) is 5.48. The molecule has 0 radical (unpaired) electrons. The van der Waals surface area contributed by atoms with Gasteiger partial charge in [0.1, 0.15) is 6.54 Å². The maximum absolute atomic E-state index is 13.0. The zero-order chi connectivity index (χ0) is 27.3. The van der Waals surface area contributed by atoms with Crippen molar-refractivity contribution < 1.29 is 4.79 Å². The summed E-state index contributed by atoms with van der Waals surface area (Å²) < 4.78 is 3.60. The summed E-state index contributed by atoms with van der Waals surface area (Å²) >= 11 is 25.9. The normalized spacial score (nSPS) is 11.3. The largest absolute Gasteiger partial charge is 0.332 e. The Hall–Kier alpha value is -3.15. The number of benzene rings is 2. The van der Waals surface area contributed by atoms with Crippen molar-refractivity contribution in [2.75, 3.05) is 5.32 Å². The molecule has 5 rings (SSSR count). The number of imidazole rings is 1. The van der Waals surface area contributed by atoms with E-state index in [1.54, 1.807) is 36.4 Å². The van der Waals surface area contributed by atoms with Gasteiger partial charge in [-0.3, -0.25) is 18.7 Å². The average Bonchev–Trinajstić information content (AvgIpc) is 3.49. The molecular weight excluding hydrogens is 594 g/mol. The van der Waals surface area contributed by atoms with Crippen LogP contribution in [0.1, 0.15) is 0 Å². The van der Waals surface area contributed by atoms with E-state index in [2.05, 4.69) is 15.3 Å². The van der Waals surface area contributed by atoms with E-state index in [0.717, 1.165) is 10.1 Å². The van der Waals surface area contributed by atoms with Gasteiger partial charge in [0.25, 0.3) is 5.56 Å². The average molecular weight is 610 g/mol. The maximum atomic E-state index is 13.0. The second-order valence-corrected chi connectivity index (χ2v) is 10.9. The molecule has 1 N–H and O–H groups in total. The maximum Gasteiger partial charge on any atom is 0.332 e. The molecule has 38 heavy (non-hydrogen) atoms. The summed E-state index contributed by atoms with van der Waals surface area (Å²) in [6, 6.07) is 10.3. The third kappa shape index (κ3) is 4.74. The Bertz CT molecular complexity index is 1800. The number of carbonyl (C=O) groups excluding carboxylic acids is 1. The van der Waals surface area contributed by atoms with Crippen LogP contribution in [0.25, 0.3) is 32.9 Å². The molecule has 3 heterocycles. The van der Waals surface area contributed by atoms with Crippen molar-refractivity contribution in [2.45, 2.75) is 6.54 Å². The lowest BCUT2D eigenvalue weighted by atomic mass is 10.1. The van der Waals surface area contributed by atoms with Crippen LogP contribution in [0, 0.1) is 0 Å². The highest BCUT2D eigenvalue weighted by Gasteiger charge is 2.20. The molecule has 5 aromatic rings. The molecule has 2 aromatic carbocycles. The van der Waals surface area contributed by atoms with Gasteiger partial charge in [0.15, 0.2) is 16.3 Å². The molecule has 0 bridgehead atoms. The number of rotatable bonds is 5. The number of anilines is 1. The Labute approximate surface area is 238 Å². The predicted molar refractivity (Wildman–Crippen MR) is 152 cm³/mol. The number of halogens is 4. The SMILES string of the molecule is Cn1c(=O)c2c(ncn2CC(=O)Nc2nc(-c3ccc(Cl)c(Cl)c3)c(-c3ccc(Cl)c(Cl)c3)s2)n(C)c1=O. The number of nitrogens with zero attached hydrogens (tertiary/aromatic N) is 5. The van der Waals surface area contributed by atoms with Crippen molar-refractivity contribution >= 4 is 79.9 Å². The lowest BCUT2D eigenvalue weighted by Crippen LogP contribution is -2.37. The molecule has 0 aliphatic rings. The van der Waals surface area contributed by atoms with Gasteiger partial charge in [-0.05, 0) is 29.8 Å². The number of aromatic nitrogens is 5. The molecule has 0 aliphatic carbocycles. The van der Waals surface area contributed by atoms with Gasteiger partial charge in [0, 0.05) is 19.7 Å². The van der Waals surface area contributed by atoms with E-state index >= 15 is 0 Å².